The van der Waals surface area contributed by atoms with Crippen LogP contribution in [0.5, 0.6) is 17.6 Å². The van der Waals surface area contributed by atoms with Gasteiger partial charge in [-0.3, -0.25) is 9.88 Å². The average Bonchev–Trinajstić information content (AvgIpc) is 3.58. The highest BCUT2D eigenvalue weighted by Gasteiger charge is 2.50. The minimum absolute atomic E-state index is 0.00763. The Morgan fingerprint density at radius 1 is 0.980 bits per heavy atom. The van der Waals surface area contributed by atoms with Crippen LogP contribution >= 0.6 is 0 Å². The smallest absolute Gasteiger partial charge is 0.422 e. The van der Waals surface area contributed by atoms with Crippen LogP contribution in [0.1, 0.15) is 66.4 Å². The zero-order valence-corrected chi connectivity index (χ0v) is 30.6. The number of nitrogens with zero attached hydrogens (tertiary/aromatic N) is 4. The van der Waals surface area contributed by atoms with Crippen molar-refractivity contribution in [2.45, 2.75) is 102 Å². The lowest BCUT2D eigenvalue weighted by molar-refractivity contribution is -0.153. The summed E-state index contributed by atoms with van der Waals surface area (Å²) in [6.45, 7) is 14.5. The molecule has 0 bridgehead atoms. The lowest BCUT2D eigenvalue weighted by atomic mass is 9.95. The van der Waals surface area contributed by atoms with Gasteiger partial charge in [0.2, 0.25) is 5.88 Å². The summed E-state index contributed by atoms with van der Waals surface area (Å²) in [7, 11) is -2.43. The molecule has 4 aromatic rings. The monoisotopic (exact) mass is 716 g/mol. The first-order chi connectivity index (χ1) is 23.6. The summed E-state index contributed by atoms with van der Waals surface area (Å²) in [6.07, 6.45) is -2.63. The highest BCUT2D eigenvalue weighted by Crippen LogP contribution is 2.46. The van der Waals surface area contributed by atoms with E-state index in [1.54, 1.807) is 0 Å². The van der Waals surface area contributed by atoms with Crippen molar-refractivity contribution in [1.82, 2.24) is 19.9 Å². The van der Waals surface area contributed by atoms with E-state index in [2.05, 4.69) is 56.5 Å². The summed E-state index contributed by atoms with van der Waals surface area (Å²) in [5, 5.41) is 1.46. The Morgan fingerprint density at radius 3 is 2.32 bits per heavy atom. The van der Waals surface area contributed by atoms with Gasteiger partial charge in [0.15, 0.2) is 12.4 Å². The van der Waals surface area contributed by atoms with Gasteiger partial charge in [0.1, 0.15) is 29.7 Å². The largest absolute Gasteiger partial charge is 0.542 e. The Kier molecular flexibility index (Phi) is 9.79. The standard InChI is InChI=1S/C37H45F5N4O3Si/c1-21(2)50(22(3)4,23(5)6)49-30-15-28(27-12-9-8-11-26(27)24(30)7)32-31(39)33-29(17-43-32)34(47-20-37(40,41)42)45-35(44-33)48-19-36-13-10-14-46(36)18-25(38)16-36/h8-9,11-12,15,17,21-23,25H,10,13-14,16,18-20H2,1-7H3/t25-,36+/m1/s1. The van der Waals surface area contributed by atoms with Gasteiger partial charge < -0.3 is 13.9 Å². The number of ether oxygens (including phenoxy) is 2. The Labute approximate surface area is 290 Å². The number of pyridine rings is 1. The molecule has 2 aliphatic rings. The molecule has 2 atom stereocenters. The predicted molar refractivity (Wildman–Crippen MR) is 187 cm³/mol. The Bertz CT molecular complexity index is 1870. The number of aromatic nitrogens is 3. The van der Waals surface area contributed by atoms with Gasteiger partial charge in [-0.15, -0.1) is 0 Å². The van der Waals surface area contributed by atoms with E-state index < -0.39 is 44.5 Å². The second kappa shape index (κ2) is 13.5. The van der Waals surface area contributed by atoms with E-state index in [1.807, 2.05) is 42.2 Å². The maximum atomic E-state index is 16.9. The molecular weight excluding hydrogens is 672 g/mol. The second-order valence-electron chi connectivity index (χ2n) is 14.8. The van der Waals surface area contributed by atoms with Crippen LogP contribution in [0, 0.1) is 12.7 Å². The molecule has 0 saturated carbocycles. The van der Waals surface area contributed by atoms with Gasteiger partial charge in [-0.05, 0) is 65.3 Å². The summed E-state index contributed by atoms with van der Waals surface area (Å²) in [4.78, 5) is 14.9. The third-order valence-electron chi connectivity index (χ3n) is 10.7. The van der Waals surface area contributed by atoms with Crippen LogP contribution in [-0.4, -0.2) is 72.4 Å². The SMILES string of the molecule is Cc1c(O[Si](C(C)C)(C(C)C)C(C)C)cc(-c2ncc3c(OCC(F)(F)F)nc(OC[C@@]45CCCN4C[C@H](F)C5)nc3c2F)c2ccccc12. The molecule has 13 heteroatoms. The molecule has 2 aliphatic heterocycles. The van der Waals surface area contributed by atoms with Crippen LogP contribution in [0.3, 0.4) is 0 Å². The van der Waals surface area contributed by atoms with E-state index in [4.69, 9.17) is 13.9 Å². The van der Waals surface area contributed by atoms with Crippen molar-refractivity contribution < 1.29 is 35.9 Å². The van der Waals surface area contributed by atoms with Crippen molar-refractivity contribution in [2.75, 3.05) is 26.3 Å². The molecule has 2 fully saturated rings. The number of alkyl halides is 4. The van der Waals surface area contributed by atoms with Gasteiger partial charge in [-0.1, -0.05) is 65.8 Å². The van der Waals surface area contributed by atoms with Crippen LogP contribution in [0.2, 0.25) is 16.6 Å². The van der Waals surface area contributed by atoms with Crippen LogP contribution in [0.15, 0.2) is 36.5 Å². The Balaban J connectivity index is 1.49. The van der Waals surface area contributed by atoms with Gasteiger partial charge in [0.25, 0.3) is 8.32 Å². The summed E-state index contributed by atoms with van der Waals surface area (Å²) in [6, 6.07) is 9.07. The lowest BCUT2D eigenvalue weighted by Gasteiger charge is -2.42. The van der Waals surface area contributed by atoms with Crippen molar-refractivity contribution in [2.24, 2.45) is 0 Å². The normalized spacial score (nSPS) is 20.1. The average molecular weight is 717 g/mol. The maximum Gasteiger partial charge on any atom is 0.422 e. The molecule has 2 saturated heterocycles. The molecule has 50 heavy (non-hydrogen) atoms. The topological polar surface area (TPSA) is 69.6 Å². The van der Waals surface area contributed by atoms with Crippen molar-refractivity contribution in [1.29, 1.82) is 0 Å². The highest BCUT2D eigenvalue weighted by atomic mass is 28.4. The van der Waals surface area contributed by atoms with Gasteiger partial charge in [-0.2, -0.15) is 23.1 Å². The van der Waals surface area contributed by atoms with Gasteiger partial charge >= 0.3 is 12.2 Å². The zero-order valence-electron chi connectivity index (χ0n) is 29.6. The van der Waals surface area contributed by atoms with E-state index in [9.17, 15) is 17.6 Å². The van der Waals surface area contributed by atoms with Crippen molar-refractivity contribution in [3.05, 3.63) is 47.9 Å². The molecule has 6 rings (SSSR count). The third kappa shape index (κ3) is 6.51. The third-order valence-corrected chi connectivity index (χ3v) is 16.7. The number of halogens is 5. The molecule has 4 heterocycles. The number of rotatable bonds is 11. The number of aryl methyl sites for hydroxylation is 1. The van der Waals surface area contributed by atoms with Crippen LogP contribution < -0.4 is 13.9 Å². The van der Waals surface area contributed by atoms with Crippen molar-refractivity contribution in [3.63, 3.8) is 0 Å². The fourth-order valence-electron chi connectivity index (χ4n) is 8.51. The van der Waals surface area contributed by atoms with Gasteiger partial charge in [0, 0.05) is 24.7 Å². The molecular formula is C37H45F5N4O3Si. The molecule has 0 spiro atoms. The van der Waals surface area contributed by atoms with Crippen molar-refractivity contribution in [3.8, 4) is 28.9 Å². The summed E-state index contributed by atoms with van der Waals surface area (Å²) >= 11 is 0. The Hall–Kier alpha value is -3.58. The van der Waals surface area contributed by atoms with E-state index in [1.165, 1.54) is 6.20 Å². The van der Waals surface area contributed by atoms with E-state index in [-0.39, 0.29) is 58.8 Å². The minimum atomic E-state index is -4.68. The van der Waals surface area contributed by atoms with Gasteiger partial charge in [-0.25, -0.2) is 8.78 Å². The lowest BCUT2D eigenvalue weighted by Crippen LogP contribution is -2.50. The molecule has 0 aliphatic carbocycles. The molecule has 270 valence electrons. The quantitative estimate of drug-likeness (QED) is 0.113. The predicted octanol–water partition coefficient (Wildman–Crippen LogP) is 9.74. The van der Waals surface area contributed by atoms with E-state index >= 15 is 4.39 Å². The maximum absolute atomic E-state index is 16.9. The summed E-state index contributed by atoms with van der Waals surface area (Å²) < 4.78 is 89.3. The second-order valence-corrected chi connectivity index (χ2v) is 20.2. The first-order valence-electron chi connectivity index (χ1n) is 17.4. The summed E-state index contributed by atoms with van der Waals surface area (Å²) in [5.74, 6) is -0.723. The zero-order chi connectivity index (χ0) is 36.2. The van der Waals surface area contributed by atoms with E-state index in [0.29, 0.717) is 17.7 Å². The highest BCUT2D eigenvalue weighted by molar-refractivity contribution is 6.78. The van der Waals surface area contributed by atoms with Crippen LogP contribution in [0.4, 0.5) is 22.0 Å². The molecule has 0 N–H and O–H groups in total. The number of fused-ring (bicyclic) bond motifs is 3. The van der Waals surface area contributed by atoms with E-state index in [0.717, 1.165) is 29.3 Å². The molecule has 2 aromatic heterocycles. The summed E-state index contributed by atoms with van der Waals surface area (Å²) in [5.41, 5.74) is 1.31. The molecule has 7 nitrogen and oxygen atoms in total. The van der Waals surface area contributed by atoms with Gasteiger partial charge in [0.05, 0.1) is 10.9 Å². The first-order valence-corrected chi connectivity index (χ1v) is 19.5. The number of hydrogen-bond acceptors (Lipinski definition) is 7. The van der Waals surface area contributed by atoms with Crippen LogP contribution in [0.25, 0.3) is 32.9 Å². The molecule has 0 amide bonds. The molecule has 0 unspecified atom stereocenters. The Morgan fingerprint density at radius 2 is 1.66 bits per heavy atom. The fraction of sp³-hybridized carbons (Fsp3) is 0.541. The number of hydrogen-bond donors (Lipinski definition) is 0. The van der Waals surface area contributed by atoms with Crippen molar-refractivity contribution >= 4 is 30.0 Å². The number of benzene rings is 2. The molecule has 2 aromatic carbocycles. The van der Waals surface area contributed by atoms with Crippen LogP contribution in [-0.2, 0) is 0 Å². The molecule has 0 radical (unpaired) electrons. The fourth-order valence-corrected chi connectivity index (χ4v) is 13.8. The minimum Gasteiger partial charge on any atom is -0.542 e. The first kappa shape index (κ1) is 36.2.